The van der Waals surface area contributed by atoms with Gasteiger partial charge in [0.2, 0.25) is 0 Å². The molecule has 1 aromatic heterocycles. The largest absolute Gasteiger partial charge is 0.368 e. The summed E-state index contributed by atoms with van der Waals surface area (Å²) in [5.74, 6) is -0.547. The molecule has 0 spiro atoms. The van der Waals surface area contributed by atoms with Crippen LogP contribution in [0.1, 0.15) is 40.7 Å². The highest BCUT2D eigenvalue weighted by Gasteiger charge is 2.35. The summed E-state index contributed by atoms with van der Waals surface area (Å²) in [5, 5.41) is 0. The molecular formula is C11H11BN2O2. The average molecular weight is 214 g/mol. The van der Waals surface area contributed by atoms with Gasteiger partial charge in [0.25, 0.3) is 5.91 Å². The Balaban J connectivity index is 2.15. The number of carbonyl (C=O) groups excluding carboxylic acids is 1. The van der Waals surface area contributed by atoms with Crippen molar-refractivity contribution in [3.05, 3.63) is 23.0 Å². The number of amides is 1. The predicted octanol–water partition coefficient (Wildman–Crippen LogP) is -0.250. The fourth-order valence-corrected chi connectivity index (χ4v) is 2.51. The summed E-state index contributed by atoms with van der Waals surface area (Å²) in [6, 6.07) is 1.56. The summed E-state index contributed by atoms with van der Waals surface area (Å²) in [6.45, 7) is 0. The normalized spacial score (nSPS) is 26.5. The van der Waals surface area contributed by atoms with E-state index < -0.39 is 5.91 Å². The summed E-state index contributed by atoms with van der Waals surface area (Å²) >= 11 is 0. The fraction of sp³-hybridized carbons (Fsp3) is 0.455. The van der Waals surface area contributed by atoms with Crippen LogP contribution in [-0.2, 0) is 11.2 Å². The maximum absolute atomic E-state index is 11.1. The number of aromatic nitrogens is 1. The molecule has 2 unspecified atom stereocenters. The molecule has 1 fully saturated rings. The molecule has 3 heterocycles. The van der Waals surface area contributed by atoms with Gasteiger partial charge in [-0.1, -0.05) is 5.46 Å². The van der Waals surface area contributed by atoms with Gasteiger partial charge in [-0.25, -0.2) is 4.98 Å². The van der Waals surface area contributed by atoms with Crippen LogP contribution in [-0.4, -0.2) is 24.8 Å². The molecule has 0 aromatic carbocycles. The first-order valence-corrected chi connectivity index (χ1v) is 5.39. The molecule has 1 aromatic rings. The van der Waals surface area contributed by atoms with Crippen molar-refractivity contribution in [3.63, 3.8) is 0 Å². The van der Waals surface area contributed by atoms with E-state index in [9.17, 15) is 4.79 Å². The fourth-order valence-electron chi connectivity index (χ4n) is 2.51. The van der Waals surface area contributed by atoms with Crippen molar-refractivity contribution in [2.45, 2.75) is 31.5 Å². The van der Waals surface area contributed by atoms with Gasteiger partial charge in [0.05, 0.1) is 11.8 Å². The van der Waals surface area contributed by atoms with Crippen molar-refractivity contribution in [3.8, 4) is 0 Å². The van der Waals surface area contributed by atoms with E-state index in [1.54, 1.807) is 6.07 Å². The monoisotopic (exact) mass is 214 g/mol. The smallest absolute Gasteiger partial charge is 0.267 e. The van der Waals surface area contributed by atoms with Gasteiger partial charge in [-0.15, -0.1) is 0 Å². The molecule has 0 aliphatic carbocycles. The number of ether oxygens (including phenoxy) is 1. The first-order valence-electron chi connectivity index (χ1n) is 5.39. The number of pyridine rings is 1. The van der Waals surface area contributed by atoms with Crippen molar-refractivity contribution in [2.24, 2.45) is 5.73 Å². The summed E-state index contributed by atoms with van der Waals surface area (Å²) in [4.78, 5) is 15.4. The second-order valence-electron chi connectivity index (χ2n) is 4.35. The van der Waals surface area contributed by atoms with Gasteiger partial charge in [0.15, 0.2) is 0 Å². The number of primary amides is 1. The van der Waals surface area contributed by atoms with Gasteiger partial charge in [0, 0.05) is 0 Å². The summed E-state index contributed by atoms with van der Waals surface area (Å²) < 4.78 is 5.74. The third kappa shape index (κ3) is 1.35. The number of fused-ring (bicyclic) bond motifs is 4. The van der Waals surface area contributed by atoms with Crippen molar-refractivity contribution in [2.75, 3.05) is 0 Å². The van der Waals surface area contributed by atoms with Crippen LogP contribution in [0, 0.1) is 0 Å². The lowest BCUT2D eigenvalue weighted by molar-refractivity contribution is 0.0297. The van der Waals surface area contributed by atoms with Gasteiger partial charge < -0.3 is 10.5 Å². The predicted molar refractivity (Wildman–Crippen MR) is 58.7 cm³/mol. The van der Waals surface area contributed by atoms with Gasteiger partial charge in [-0.05, 0) is 30.9 Å². The first-order chi connectivity index (χ1) is 7.65. The standard InChI is InChI=1S/C11H11BN2O2/c12-7-4-8(11(13)15)14-10-6(7)3-5-1-2-9(10)16-5/h4-5,9H,1-3H2,(H2,13,15). The number of nitrogens with zero attached hydrogens (tertiary/aromatic N) is 1. The van der Waals surface area contributed by atoms with Gasteiger partial charge in [-0.2, -0.15) is 0 Å². The highest BCUT2D eigenvalue weighted by Crippen LogP contribution is 2.39. The van der Waals surface area contributed by atoms with E-state index in [1.807, 2.05) is 0 Å². The van der Waals surface area contributed by atoms with E-state index in [0.717, 1.165) is 30.5 Å². The highest BCUT2D eigenvalue weighted by atomic mass is 16.5. The molecule has 0 saturated carbocycles. The molecule has 2 aliphatic heterocycles. The first kappa shape index (κ1) is 9.84. The Labute approximate surface area is 94.6 Å². The van der Waals surface area contributed by atoms with E-state index in [0.29, 0.717) is 5.46 Å². The molecular weight excluding hydrogens is 203 g/mol. The quantitative estimate of drug-likeness (QED) is 0.655. The summed E-state index contributed by atoms with van der Waals surface area (Å²) in [6.07, 6.45) is 3.04. The molecule has 2 radical (unpaired) electrons. The minimum atomic E-state index is -0.547. The lowest BCUT2D eigenvalue weighted by Crippen LogP contribution is -2.29. The van der Waals surface area contributed by atoms with E-state index in [-0.39, 0.29) is 17.9 Å². The topological polar surface area (TPSA) is 65.2 Å². The molecule has 5 heteroatoms. The molecule has 3 rings (SSSR count). The Morgan fingerprint density at radius 1 is 1.56 bits per heavy atom. The second kappa shape index (κ2) is 3.32. The number of nitrogens with two attached hydrogens (primary N) is 1. The zero-order valence-corrected chi connectivity index (χ0v) is 8.77. The van der Waals surface area contributed by atoms with E-state index in [1.165, 1.54) is 0 Å². The molecule has 80 valence electrons. The molecule has 2 atom stereocenters. The minimum Gasteiger partial charge on any atom is -0.368 e. The van der Waals surface area contributed by atoms with Crippen LogP contribution >= 0.6 is 0 Å². The van der Waals surface area contributed by atoms with Crippen LogP contribution < -0.4 is 11.2 Å². The Morgan fingerprint density at radius 2 is 2.38 bits per heavy atom. The van der Waals surface area contributed by atoms with Gasteiger partial charge >= 0.3 is 0 Å². The van der Waals surface area contributed by atoms with Crippen LogP contribution in [0.2, 0.25) is 0 Å². The van der Waals surface area contributed by atoms with Crippen LogP contribution in [0.4, 0.5) is 0 Å². The number of carbonyl (C=O) groups is 1. The van der Waals surface area contributed by atoms with Crippen molar-refractivity contribution >= 4 is 19.2 Å². The molecule has 2 N–H and O–H groups in total. The van der Waals surface area contributed by atoms with Gasteiger partial charge in [-0.3, -0.25) is 4.79 Å². The molecule has 1 saturated heterocycles. The third-order valence-electron chi connectivity index (χ3n) is 3.29. The van der Waals surface area contributed by atoms with E-state index in [4.69, 9.17) is 18.3 Å². The van der Waals surface area contributed by atoms with E-state index in [2.05, 4.69) is 4.98 Å². The number of hydrogen-bond donors (Lipinski definition) is 1. The van der Waals surface area contributed by atoms with Crippen molar-refractivity contribution < 1.29 is 9.53 Å². The Morgan fingerprint density at radius 3 is 3.12 bits per heavy atom. The Bertz CT molecular complexity index is 475. The lowest BCUT2D eigenvalue weighted by Gasteiger charge is -2.25. The maximum Gasteiger partial charge on any atom is 0.267 e. The van der Waals surface area contributed by atoms with Crippen molar-refractivity contribution in [1.29, 1.82) is 0 Å². The zero-order valence-electron chi connectivity index (χ0n) is 8.77. The van der Waals surface area contributed by atoms with Crippen LogP contribution in [0.25, 0.3) is 0 Å². The number of hydrogen-bond acceptors (Lipinski definition) is 3. The Hall–Kier alpha value is -1.36. The average Bonchev–Trinajstić information content (AvgIpc) is 2.63. The maximum atomic E-state index is 11.1. The van der Waals surface area contributed by atoms with Crippen LogP contribution in [0.5, 0.6) is 0 Å². The molecule has 1 amide bonds. The van der Waals surface area contributed by atoms with Crippen molar-refractivity contribution in [1.82, 2.24) is 4.98 Å². The van der Waals surface area contributed by atoms with E-state index >= 15 is 0 Å². The minimum absolute atomic E-state index is 0.00431. The molecule has 2 aliphatic rings. The van der Waals surface area contributed by atoms with Crippen LogP contribution in [0.3, 0.4) is 0 Å². The Kier molecular flexibility index (Phi) is 2.04. The SMILES string of the molecule is [B]c1cc(C(N)=O)nc2c1CC1CCC2O1. The second-order valence-corrected chi connectivity index (χ2v) is 4.35. The van der Waals surface area contributed by atoms with Crippen LogP contribution in [0.15, 0.2) is 6.07 Å². The molecule has 2 bridgehead atoms. The third-order valence-corrected chi connectivity index (χ3v) is 3.29. The summed E-state index contributed by atoms with van der Waals surface area (Å²) in [5.41, 5.74) is 7.89. The molecule has 4 nitrogen and oxygen atoms in total. The number of rotatable bonds is 1. The summed E-state index contributed by atoms with van der Waals surface area (Å²) in [7, 11) is 5.93. The lowest BCUT2D eigenvalue weighted by atomic mass is 9.85. The highest BCUT2D eigenvalue weighted by molar-refractivity contribution is 6.33. The zero-order chi connectivity index (χ0) is 11.3. The van der Waals surface area contributed by atoms with Gasteiger partial charge in [0.1, 0.15) is 19.6 Å². The molecule has 16 heavy (non-hydrogen) atoms.